The number of hydrogen-bond donors (Lipinski definition) is 5. The van der Waals surface area contributed by atoms with Crippen LogP contribution in [0.4, 0.5) is 10.5 Å². The number of aromatic nitrogens is 1. The third kappa shape index (κ3) is 11.2. The number of para-hydroxylation sites is 1. The molecule has 2 heterocycles. The molecule has 1 aromatic heterocycles. The predicted molar refractivity (Wildman–Crippen MR) is 234 cm³/mol. The number of likely N-dealkylation sites (tertiary alicyclic amines) is 1. The number of H-pyrrole nitrogens is 1. The van der Waals surface area contributed by atoms with Crippen molar-refractivity contribution in [2.45, 2.75) is 51.2 Å². The number of rotatable bonds is 19. The number of aliphatic hydroxyl groups excluding tert-OH is 1. The molecule has 1 saturated heterocycles. The molecule has 60 heavy (non-hydrogen) atoms. The zero-order chi connectivity index (χ0) is 41.8. The summed E-state index contributed by atoms with van der Waals surface area (Å²) in [4.78, 5) is 44.4. The number of phenolic OH excluding ortho intramolecular Hbond substituents is 1. The third-order valence-corrected chi connectivity index (χ3v) is 11.9. The molecule has 0 radical (unpaired) electrons. The van der Waals surface area contributed by atoms with Gasteiger partial charge in [0.25, 0.3) is 0 Å². The first-order valence-corrected chi connectivity index (χ1v) is 21.3. The number of phenols is 1. The highest BCUT2D eigenvalue weighted by Gasteiger charge is 2.42. The van der Waals surface area contributed by atoms with Crippen LogP contribution in [0.15, 0.2) is 108 Å². The SMILES string of the molecule is CCN(CCNC[C@H](O)c1ccc(O)c2[nH]c(=O)ccc12)C(=O)CCOCCc1ccc(CCN2CC3CC(OC(=O)Nc4ccccc4-c4ccccc4)C[C@@H]3C2)cc1. The number of aromatic amines is 1. The van der Waals surface area contributed by atoms with Gasteiger partial charge in [0.05, 0.1) is 36.9 Å². The van der Waals surface area contributed by atoms with Crippen LogP contribution in [-0.2, 0) is 27.1 Å². The van der Waals surface area contributed by atoms with Crippen LogP contribution >= 0.6 is 0 Å². The Hall–Kier alpha value is -5.53. The van der Waals surface area contributed by atoms with Gasteiger partial charge in [-0.25, -0.2) is 4.79 Å². The topological polar surface area (TPSA) is 156 Å². The molecule has 0 spiro atoms. The number of carbonyl (C=O) groups excluding carboxylic acids is 2. The van der Waals surface area contributed by atoms with E-state index in [1.54, 1.807) is 17.0 Å². The average molecular weight is 816 g/mol. The maximum Gasteiger partial charge on any atom is 0.411 e. The fourth-order valence-corrected chi connectivity index (χ4v) is 8.71. The summed E-state index contributed by atoms with van der Waals surface area (Å²) < 4.78 is 11.8. The van der Waals surface area contributed by atoms with E-state index in [-0.39, 0.29) is 36.0 Å². The number of pyridine rings is 1. The summed E-state index contributed by atoms with van der Waals surface area (Å²) in [6.07, 6.45) is 2.60. The number of benzene rings is 4. The maximum absolute atomic E-state index is 12.9. The molecule has 12 heteroatoms. The van der Waals surface area contributed by atoms with E-state index in [4.69, 9.17) is 9.47 Å². The molecule has 1 aliphatic carbocycles. The molecule has 316 valence electrons. The zero-order valence-corrected chi connectivity index (χ0v) is 34.4. The number of nitrogens with one attached hydrogen (secondary N) is 3. The quantitative estimate of drug-likeness (QED) is 0.0586. The van der Waals surface area contributed by atoms with Crippen LogP contribution in [0.1, 0.15) is 49.0 Å². The molecule has 0 bridgehead atoms. The summed E-state index contributed by atoms with van der Waals surface area (Å²) in [5, 5.41) is 27.7. The highest BCUT2D eigenvalue weighted by atomic mass is 16.6. The summed E-state index contributed by atoms with van der Waals surface area (Å²) in [7, 11) is 0. The standard InChI is InChI=1S/C48H57N5O7/c1-2-53(25-23-49-30-44(55)40-16-18-43(54)47-41(40)17-19-45(56)51-47)46(57)22-27-59-26-21-34-14-12-33(13-15-34)20-24-52-31-36-28-38(29-37(36)32-52)60-48(58)50-42-11-7-6-10-39(42)35-8-4-3-5-9-35/h3-19,36-38,44,49,54-55H,2,20-32H2,1H3,(H,50,58)(H,51,56)/t36-,37?,38?,44+/m1/s1. The largest absolute Gasteiger partial charge is 0.506 e. The lowest BCUT2D eigenvalue weighted by molar-refractivity contribution is -0.132. The highest BCUT2D eigenvalue weighted by Crippen LogP contribution is 2.40. The van der Waals surface area contributed by atoms with Gasteiger partial charge in [-0.3, -0.25) is 14.9 Å². The zero-order valence-electron chi connectivity index (χ0n) is 34.4. The Morgan fingerprint density at radius 3 is 2.35 bits per heavy atom. The molecule has 5 aromatic rings. The van der Waals surface area contributed by atoms with Crippen LogP contribution < -0.4 is 16.2 Å². The van der Waals surface area contributed by atoms with Crippen LogP contribution in [0, 0.1) is 11.8 Å². The fourth-order valence-electron chi connectivity index (χ4n) is 8.71. The number of hydrogen-bond acceptors (Lipinski definition) is 9. The monoisotopic (exact) mass is 815 g/mol. The lowest BCUT2D eigenvalue weighted by atomic mass is 10.0. The second kappa shape index (κ2) is 20.6. The first kappa shape index (κ1) is 42.6. The van der Waals surface area contributed by atoms with Gasteiger partial charge in [-0.15, -0.1) is 0 Å². The van der Waals surface area contributed by atoms with Crippen LogP contribution in [0.25, 0.3) is 22.0 Å². The van der Waals surface area contributed by atoms with Crippen LogP contribution in [0.5, 0.6) is 5.75 Å². The van der Waals surface area contributed by atoms with Gasteiger partial charge in [0.15, 0.2) is 0 Å². The Morgan fingerprint density at radius 2 is 1.60 bits per heavy atom. The maximum atomic E-state index is 12.9. The second-order valence-electron chi connectivity index (χ2n) is 16.0. The molecule has 4 atom stereocenters. The third-order valence-electron chi connectivity index (χ3n) is 11.9. The minimum Gasteiger partial charge on any atom is -0.506 e. The fraction of sp³-hybridized carbons (Fsp3) is 0.396. The van der Waals surface area contributed by atoms with Crippen molar-refractivity contribution in [2.24, 2.45) is 11.8 Å². The van der Waals surface area contributed by atoms with Crippen LogP contribution in [-0.4, -0.2) is 102 Å². The van der Waals surface area contributed by atoms with E-state index in [0.717, 1.165) is 62.1 Å². The van der Waals surface area contributed by atoms with Gasteiger partial charge < -0.3 is 39.8 Å². The highest BCUT2D eigenvalue weighted by molar-refractivity contribution is 5.91. The van der Waals surface area contributed by atoms with Gasteiger partial charge in [-0.1, -0.05) is 78.9 Å². The van der Waals surface area contributed by atoms with Crippen molar-refractivity contribution in [3.8, 4) is 16.9 Å². The molecule has 1 saturated carbocycles. The van der Waals surface area contributed by atoms with Crippen molar-refractivity contribution in [1.82, 2.24) is 20.1 Å². The van der Waals surface area contributed by atoms with E-state index in [1.807, 2.05) is 61.5 Å². The summed E-state index contributed by atoms with van der Waals surface area (Å²) in [5.41, 5.74) is 5.86. The molecular formula is C48H57N5O7. The van der Waals surface area contributed by atoms with Gasteiger partial charge in [-0.05, 0) is 84.9 Å². The molecule has 7 rings (SSSR count). The first-order chi connectivity index (χ1) is 29.2. The number of amides is 2. The number of carbonyl (C=O) groups is 2. The van der Waals surface area contributed by atoms with Crippen molar-refractivity contribution in [2.75, 3.05) is 64.3 Å². The van der Waals surface area contributed by atoms with Crippen molar-refractivity contribution >= 4 is 28.6 Å². The number of anilines is 1. The van der Waals surface area contributed by atoms with Crippen molar-refractivity contribution in [3.63, 3.8) is 0 Å². The molecule has 2 amide bonds. The molecule has 2 aliphatic rings. The number of fused-ring (bicyclic) bond motifs is 2. The minimum atomic E-state index is -0.861. The Kier molecular flexibility index (Phi) is 14.6. The van der Waals surface area contributed by atoms with E-state index in [2.05, 4.69) is 44.8 Å². The van der Waals surface area contributed by atoms with E-state index in [9.17, 15) is 24.6 Å². The van der Waals surface area contributed by atoms with E-state index >= 15 is 0 Å². The van der Waals surface area contributed by atoms with Crippen LogP contribution in [0.2, 0.25) is 0 Å². The Morgan fingerprint density at radius 1 is 0.883 bits per heavy atom. The molecule has 5 N–H and O–H groups in total. The molecule has 4 aromatic carbocycles. The summed E-state index contributed by atoms with van der Waals surface area (Å²) >= 11 is 0. The van der Waals surface area contributed by atoms with Gasteiger partial charge in [-0.2, -0.15) is 0 Å². The molecule has 1 aliphatic heterocycles. The number of nitrogens with zero attached hydrogens (tertiary/aromatic N) is 2. The lowest BCUT2D eigenvalue weighted by Gasteiger charge is -2.22. The number of likely N-dealkylation sites (N-methyl/N-ethyl adjacent to an activating group) is 1. The van der Waals surface area contributed by atoms with E-state index in [1.165, 1.54) is 23.3 Å². The second-order valence-corrected chi connectivity index (χ2v) is 16.0. The normalized spacial score (nSPS) is 18.0. The molecular weight excluding hydrogens is 759 g/mol. The van der Waals surface area contributed by atoms with Crippen molar-refractivity contribution in [1.29, 1.82) is 0 Å². The lowest BCUT2D eigenvalue weighted by Crippen LogP contribution is -2.38. The number of aromatic hydroxyl groups is 1. The smallest absolute Gasteiger partial charge is 0.411 e. The predicted octanol–water partition coefficient (Wildman–Crippen LogP) is 6.52. The molecule has 2 fully saturated rings. The Balaban J connectivity index is 0.740. The summed E-state index contributed by atoms with van der Waals surface area (Å²) in [6.45, 7) is 7.78. The van der Waals surface area contributed by atoms with Gasteiger partial charge in [0.2, 0.25) is 11.5 Å². The molecule has 12 nitrogen and oxygen atoms in total. The van der Waals surface area contributed by atoms with E-state index in [0.29, 0.717) is 67.6 Å². The summed E-state index contributed by atoms with van der Waals surface area (Å²) in [5.74, 6) is 1.08. The minimum absolute atomic E-state index is 0.0245. The van der Waals surface area contributed by atoms with Crippen molar-refractivity contribution in [3.05, 3.63) is 130 Å². The summed E-state index contributed by atoms with van der Waals surface area (Å²) in [6, 6.07) is 32.7. The van der Waals surface area contributed by atoms with Gasteiger partial charge in [0.1, 0.15) is 11.9 Å². The van der Waals surface area contributed by atoms with Gasteiger partial charge >= 0.3 is 6.09 Å². The number of ether oxygens (including phenoxy) is 2. The van der Waals surface area contributed by atoms with Crippen molar-refractivity contribution < 1.29 is 29.3 Å². The molecule has 2 unspecified atom stereocenters. The Bertz CT molecular complexity index is 2230. The average Bonchev–Trinajstić information content (AvgIpc) is 3.82. The van der Waals surface area contributed by atoms with Crippen LogP contribution in [0.3, 0.4) is 0 Å². The van der Waals surface area contributed by atoms with Gasteiger partial charge in [0, 0.05) is 62.8 Å². The first-order valence-electron chi connectivity index (χ1n) is 21.3. The number of aliphatic hydroxyl groups is 1. The Labute approximate surface area is 351 Å². The van der Waals surface area contributed by atoms with E-state index < -0.39 is 6.10 Å².